The molecule has 1 aromatic heterocycles. The number of aromatic amines is 1. The first-order valence-corrected chi connectivity index (χ1v) is 8.65. The van der Waals surface area contributed by atoms with Gasteiger partial charge in [0.25, 0.3) is 0 Å². The van der Waals surface area contributed by atoms with Crippen LogP contribution >= 0.6 is 0 Å². The van der Waals surface area contributed by atoms with E-state index in [1.54, 1.807) is 0 Å². The second-order valence-corrected chi connectivity index (χ2v) is 8.20. The lowest BCUT2D eigenvalue weighted by Crippen LogP contribution is -2.48. The van der Waals surface area contributed by atoms with E-state index in [0.29, 0.717) is 12.2 Å². The van der Waals surface area contributed by atoms with Crippen LogP contribution in [0.15, 0.2) is 0 Å². The van der Waals surface area contributed by atoms with Gasteiger partial charge < -0.3 is 14.8 Å². The largest absolute Gasteiger partial charge is 0.598 e. The minimum absolute atomic E-state index is 0.0432. The Bertz CT molecular complexity index is 495. The Balaban J connectivity index is 2.55. The van der Waals surface area contributed by atoms with E-state index in [4.69, 9.17) is 5.11 Å². The molecular weight excluding hydrogens is 322 g/mol. The average molecular weight is 347 g/mol. The normalized spacial score (nSPS) is 15.4. The summed E-state index contributed by atoms with van der Waals surface area (Å²) in [4.78, 5) is 10.4. The minimum atomic E-state index is -1.49. The number of carbonyl (C=O) groups is 1. The van der Waals surface area contributed by atoms with E-state index in [-0.39, 0.29) is 18.6 Å². The van der Waals surface area contributed by atoms with Crippen LogP contribution in [0.25, 0.3) is 0 Å². The number of aliphatic hydroxyl groups is 1. The highest BCUT2D eigenvalue weighted by Crippen LogP contribution is 2.36. The van der Waals surface area contributed by atoms with Crippen molar-refractivity contribution in [1.29, 1.82) is 0 Å². The number of nitrogens with zero attached hydrogens (tertiary/aromatic N) is 3. The van der Waals surface area contributed by atoms with Crippen molar-refractivity contribution in [3.63, 3.8) is 0 Å². The van der Waals surface area contributed by atoms with Crippen molar-refractivity contribution >= 4 is 17.3 Å². The summed E-state index contributed by atoms with van der Waals surface area (Å²) in [5, 5.41) is 32.7. The standard InChI is InChI=1S/C13H25N5O4S/c1-12(2,10-14-17-18-15-10)8-13(3,4)11(21)16-23(22)7-5-6-9(19)20/h11,16,21H,5-8H2,1-4H3,(H,19,20)(H,14,15,17,18). The lowest BCUT2D eigenvalue weighted by atomic mass is 9.74. The van der Waals surface area contributed by atoms with Crippen LogP contribution in [0.2, 0.25) is 0 Å². The smallest absolute Gasteiger partial charge is 0.303 e. The Morgan fingerprint density at radius 1 is 1.43 bits per heavy atom. The van der Waals surface area contributed by atoms with Gasteiger partial charge in [-0.1, -0.05) is 27.7 Å². The highest BCUT2D eigenvalue weighted by atomic mass is 32.2. The van der Waals surface area contributed by atoms with Gasteiger partial charge in [0.15, 0.2) is 12.1 Å². The SMILES string of the molecule is CC(C)(CC(C)(C)C(O)N[S+]([O-])CCCC(=O)O)c1nnn[nH]1. The molecule has 132 valence electrons. The molecule has 0 spiro atoms. The van der Waals surface area contributed by atoms with Crippen molar-refractivity contribution in [2.24, 2.45) is 5.41 Å². The van der Waals surface area contributed by atoms with Gasteiger partial charge in [0, 0.05) is 35.0 Å². The fourth-order valence-corrected chi connectivity index (χ4v) is 3.56. The highest BCUT2D eigenvalue weighted by molar-refractivity contribution is 7.89. The fourth-order valence-electron chi connectivity index (χ4n) is 2.46. The lowest BCUT2D eigenvalue weighted by molar-refractivity contribution is -0.137. The van der Waals surface area contributed by atoms with E-state index in [2.05, 4.69) is 25.3 Å². The van der Waals surface area contributed by atoms with Crippen molar-refractivity contribution in [2.45, 2.75) is 58.6 Å². The maximum absolute atomic E-state index is 11.9. The van der Waals surface area contributed by atoms with E-state index < -0.39 is 34.4 Å². The van der Waals surface area contributed by atoms with Gasteiger partial charge in [-0.3, -0.25) is 4.79 Å². The van der Waals surface area contributed by atoms with Crippen molar-refractivity contribution in [2.75, 3.05) is 5.75 Å². The first kappa shape index (κ1) is 19.8. The Hall–Kier alpha value is -1.23. The molecule has 0 fully saturated rings. The van der Waals surface area contributed by atoms with E-state index in [0.717, 1.165) is 0 Å². The lowest BCUT2D eigenvalue weighted by Gasteiger charge is -2.36. The molecule has 2 atom stereocenters. The summed E-state index contributed by atoms with van der Waals surface area (Å²) < 4.78 is 14.5. The number of H-pyrrole nitrogens is 1. The van der Waals surface area contributed by atoms with E-state index in [9.17, 15) is 14.5 Å². The Labute approximate surface area is 138 Å². The molecule has 0 aliphatic heterocycles. The molecular formula is C13H25N5O4S. The third kappa shape index (κ3) is 6.42. The van der Waals surface area contributed by atoms with Crippen LogP contribution in [0.3, 0.4) is 0 Å². The third-order valence-electron chi connectivity index (χ3n) is 3.59. The number of aromatic nitrogens is 4. The monoisotopic (exact) mass is 347 g/mol. The molecule has 0 aliphatic carbocycles. The summed E-state index contributed by atoms with van der Waals surface area (Å²) in [5.74, 6) is -0.139. The van der Waals surface area contributed by atoms with Crippen LogP contribution in [-0.4, -0.2) is 53.3 Å². The number of carboxylic acids is 1. The van der Waals surface area contributed by atoms with Crippen molar-refractivity contribution in [3.05, 3.63) is 5.82 Å². The number of carboxylic acid groups (broad SMARTS) is 1. The number of aliphatic hydroxyl groups excluding tert-OH is 1. The maximum Gasteiger partial charge on any atom is 0.303 e. The second-order valence-electron chi connectivity index (χ2n) is 6.87. The van der Waals surface area contributed by atoms with Crippen LogP contribution in [0.5, 0.6) is 0 Å². The van der Waals surface area contributed by atoms with Gasteiger partial charge in [-0.2, -0.15) is 0 Å². The topological polar surface area (TPSA) is 147 Å². The number of rotatable bonds is 10. The number of aliphatic carboxylic acids is 1. The van der Waals surface area contributed by atoms with Crippen LogP contribution in [0.1, 0.15) is 52.8 Å². The average Bonchev–Trinajstić information content (AvgIpc) is 2.91. The van der Waals surface area contributed by atoms with Gasteiger partial charge >= 0.3 is 5.97 Å². The molecule has 4 N–H and O–H groups in total. The molecule has 0 aromatic carbocycles. The molecule has 0 aliphatic rings. The van der Waals surface area contributed by atoms with Crippen molar-refractivity contribution < 1.29 is 19.6 Å². The summed E-state index contributed by atoms with van der Waals surface area (Å²) in [5.41, 5.74) is -1.00. The molecule has 9 nitrogen and oxygen atoms in total. The highest BCUT2D eigenvalue weighted by Gasteiger charge is 2.39. The molecule has 0 amide bonds. The van der Waals surface area contributed by atoms with E-state index >= 15 is 0 Å². The number of hydrogen-bond donors (Lipinski definition) is 4. The molecule has 1 heterocycles. The van der Waals surface area contributed by atoms with Gasteiger partial charge in [-0.25, -0.2) is 5.10 Å². The zero-order valence-electron chi connectivity index (χ0n) is 13.9. The summed E-state index contributed by atoms with van der Waals surface area (Å²) in [7, 11) is 0. The van der Waals surface area contributed by atoms with Crippen LogP contribution in [-0.2, 0) is 21.6 Å². The van der Waals surface area contributed by atoms with Crippen molar-refractivity contribution in [1.82, 2.24) is 25.3 Å². The molecule has 23 heavy (non-hydrogen) atoms. The third-order valence-corrected chi connectivity index (χ3v) is 4.73. The maximum atomic E-state index is 11.9. The summed E-state index contributed by atoms with van der Waals surface area (Å²) in [6.07, 6.45) is -0.226. The summed E-state index contributed by atoms with van der Waals surface area (Å²) >= 11 is -1.49. The molecule has 10 heteroatoms. The quantitative estimate of drug-likeness (QED) is 0.350. The minimum Gasteiger partial charge on any atom is -0.598 e. The zero-order valence-corrected chi connectivity index (χ0v) is 14.7. The summed E-state index contributed by atoms with van der Waals surface area (Å²) in [6.45, 7) is 7.61. The molecule has 2 unspecified atom stereocenters. The number of tetrazole rings is 1. The first-order valence-electron chi connectivity index (χ1n) is 7.33. The van der Waals surface area contributed by atoms with Gasteiger partial charge in [0.05, 0.1) is 0 Å². The zero-order chi connectivity index (χ0) is 17.7. The van der Waals surface area contributed by atoms with Crippen LogP contribution < -0.4 is 4.72 Å². The molecule has 1 rings (SSSR count). The van der Waals surface area contributed by atoms with Crippen molar-refractivity contribution in [3.8, 4) is 0 Å². The molecule has 0 radical (unpaired) electrons. The van der Waals surface area contributed by atoms with Gasteiger partial charge in [-0.05, 0) is 16.8 Å². The molecule has 0 bridgehead atoms. The fraction of sp³-hybridized carbons (Fsp3) is 0.846. The molecule has 1 aromatic rings. The van der Waals surface area contributed by atoms with Crippen LogP contribution in [0, 0.1) is 5.41 Å². The number of hydrogen-bond acceptors (Lipinski definition) is 7. The molecule has 0 saturated heterocycles. The Kier molecular flexibility index (Phi) is 6.93. The Morgan fingerprint density at radius 2 is 2.09 bits per heavy atom. The van der Waals surface area contributed by atoms with E-state index in [1.807, 2.05) is 27.7 Å². The first-order chi connectivity index (χ1) is 10.5. The molecule has 0 saturated carbocycles. The second kappa shape index (κ2) is 8.04. The predicted molar refractivity (Wildman–Crippen MR) is 84.6 cm³/mol. The predicted octanol–water partition coefficient (Wildman–Crippen LogP) is 0.330. The summed E-state index contributed by atoms with van der Waals surface area (Å²) in [6, 6.07) is 0. The van der Waals surface area contributed by atoms with Gasteiger partial charge in [-0.15, -0.1) is 9.82 Å². The van der Waals surface area contributed by atoms with Crippen LogP contribution in [0.4, 0.5) is 0 Å². The van der Waals surface area contributed by atoms with Gasteiger partial charge in [0.2, 0.25) is 0 Å². The van der Waals surface area contributed by atoms with Gasteiger partial charge in [0.1, 0.15) is 5.75 Å². The van der Waals surface area contributed by atoms with E-state index in [1.165, 1.54) is 0 Å². The number of nitrogens with one attached hydrogen (secondary N) is 2. The Morgan fingerprint density at radius 3 is 2.61 bits per heavy atom.